The molecule has 2 aliphatic rings. The van der Waals surface area contributed by atoms with E-state index in [1.807, 2.05) is 0 Å². The minimum absolute atomic E-state index is 0.297. The fourth-order valence-corrected chi connectivity index (χ4v) is 3.11. The highest BCUT2D eigenvalue weighted by Crippen LogP contribution is 2.41. The van der Waals surface area contributed by atoms with Crippen LogP contribution in [0.4, 0.5) is 0 Å². The zero-order chi connectivity index (χ0) is 12.6. The second-order valence-electron chi connectivity index (χ2n) is 6.58. The van der Waals surface area contributed by atoms with Crippen LogP contribution in [0.2, 0.25) is 0 Å². The third-order valence-electron chi connectivity index (χ3n) is 4.52. The van der Waals surface area contributed by atoms with Crippen LogP contribution in [0.3, 0.4) is 0 Å². The molecule has 0 aromatic carbocycles. The Hall–Kier alpha value is -0.900. The Bertz CT molecular complexity index is 397. The molecule has 1 atom stereocenters. The van der Waals surface area contributed by atoms with Gasteiger partial charge < -0.3 is 9.84 Å². The van der Waals surface area contributed by atoms with E-state index in [1.165, 1.54) is 32.1 Å². The first-order valence-corrected chi connectivity index (χ1v) is 7.21. The average Bonchev–Trinajstić information content (AvgIpc) is 2.99. The van der Waals surface area contributed by atoms with E-state index in [-0.39, 0.29) is 0 Å². The second kappa shape index (κ2) is 4.65. The molecule has 4 heteroatoms. The normalized spacial score (nSPS) is 28.7. The van der Waals surface area contributed by atoms with Crippen molar-refractivity contribution in [3.8, 4) is 0 Å². The Labute approximate surface area is 109 Å². The summed E-state index contributed by atoms with van der Waals surface area (Å²) in [5, 5.41) is 7.61. The maximum atomic E-state index is 5.43. The molecule has 4 nitrogen and oxygen atoms in total. The molecule has 0 spiro atoms. The number of hydrogen-bond acceptors (Lipinski definition) is 4. The molecule has 2 heterocycles. The van der Waals surface area contributed by atoms with Crippen LogP contribution in [0, 0.1) is 5.41 Å². The minimum atomic E-state index is 0.297. The van der Waals surface area contributed by atoms with Gasteiger partial charge in [0.05, 0.1) is 6.04 Å². The monoisotopic (exact) mass is 249 g/mol. The Morgan fingerprint density at radius 2 is 2.00 bits per heavy atom. The van der Waals surface area contributed by atoms with Gasteiger partial charge in [0, 0.05) is 5.92 Å². The molecule has 2 fully saturated rings. The van der Waals surface area contributed by atoms with E-state index in [9.17, 15) is 0 Å². The summed E-state index contributed by atoms with van der Waals surface area (Å²) in [6.45, 7) is 5.78. The van der Waals surface area contributed by atoms with Gasteiger partial charge in [-0.15, -0.1) is 0 Å². The first-order chi connectivity index (χ1) is 8.64. The summed E-state index contributed by atoms with van der Waals surface area (Å²) in [5.41, 5.74) is 0.496. The smallest absolute Gasteiger partial charge is 0.243 e. The molecule has 1 unspecified atom stereocenters. The van der Waals surface area contributed by atoms with Crippen molar-refractivity contribution in [1.82, 2.24) is 15.5 Å². The molecule has 3 rings (SSSR count). The Morgan fingerprint density at radius 1 is 1.22 bits per heavy atom. The molecular formula is C14H23N3O. The van der Waals surface area contributed by atoms with Crippen LogP contribution < -0.4 is 5.32 Å². The van der Waals surface area contributed by atoms with Crippen LogP contribution in [0.25, 0.3) is 0 Å². The molecule has 1 saturated carbocycles. The molecule has 1 N–H and O–H groups in total. The molecule has 1 aliphatic heterocycles. The van der Waals surface area contributed by atoms with Gasteiger partial charge in [0.15, 0.2) is 5.82 Å². The predicted molar refractivity (Wildman–Crippen MR) is 69.3 cm³/mol. The van der Waals surface area contributed by atoms with Gasteiger partial charge in [0.2, 0.25) is 5.89 Å². The number of nitrogens with one attached hydrogen (secondary N) is 1. The van der Waals surface area contributed by atoms with E-state index in [0.29, 0.717) is 17.4 Å². The summed E-state index contributed by atoms with van der Waals surface area (Å²) in [4.78, 5) is 4.62. The fraction of sp³-hybridized carbons (Fsp3) is 0.857. The molecule has 100 valence electrons. The molecule has 1 aliphatic carbocycles. The minimum Gasteiger partial charge on any atom is -0.338 e. The van der Waals surface area contributed by atoms with Gasteiger partial charge in [-0.3, -0.25) is 0 Å². The van der Waals surface area contributed by atoms with E-state index in [1.54, 1.807) is 0 Å². The van der Waals surface area contributed by atoms with Crippen LogP contribution in [0.15, 0.2) is 4.52 Å². The van der Waals surface area contributed by atoms with Crippen molar-refractivity contribution in [2.24, 2.45) is 5.41 Å². The second-order valence-corrected chi connectivity index (χ2v) is 6.58. The van der Waals surface area contributed by atoms with Crippen LogP contribution >= 0.6 is 0 Å². The number of hydrogen-bond donors (Lipinski definition) is 1. The van der Waals surface area contributed by atoms with E-state index in [4.69, 9.17) is 4.52 Å². The Kier molecular flexibility index (Phi) is 3.14. The summed E-state index contributed by atoms with van der Waals surface area (Å²) in [5.74, 6) is 2.25. The summed E-state index contributed by atoms with van der Waals surface area (Å²) in [6, 6.07) is 0.297. The van der Waals surface area contributed by atoms with Crippen molar-refractivity contribution in [2.75, 3.05) is 6.54 Å². The first kappa shape index (κ1) is 12.2. The van der Waals surface area contributed by atoms with Crippen LogP contribution in [-0.4, -0.2) is 16.7 Å². The average molecular weight is 249 g/mol. The van der Waals surface area contributed by atoms with Crippen molar-refractivity contribution >= 4 is 0 Å². The zero-order valence-electron chi connectivity index (χ0n) is 11.4. The molecule has 0 bridgehead atoms. The third-order valence-corrected chi connectivity index (χ3v) is 4.52. The summed E-state index contributed by atoms with van der Waals surface area (Å²) < 4.78 is 5.43. The molecule has 0 radical (unpaired) electrons. The molecule has 1 aromatic heterocycles. The molecule has 0 amide bonds. The van der Waals surface area contributed by atoms with Gasteiger partial charge in [-0.25, -0.2) is 0 Å². The van der Waals surface area contributed by atoms with Gasteiger partial charge in [-0.05, 0) is 50.5 Å². The lowest BCUT2D eigenvalue weighted by Gasteiger charge is -2.32. The van der Waals surface area contributed by atoms with Gasteiger partial charge in [-0.2, -0.15) is 4.98 Å². The van der Waals surface area contributed by atoms with Crippen LogP contribution in [0.1, 0.15) is 76.0 Å². The third kappa shape index (κ3) is 2.44. The summed E-state index contributed by atoms with van der Waals surface area (Å²) in [6.07, 6.45) is 7.26. The van der Waals surface area contributed by atoms with Crippen molar-refractivity contribution in [1.29, 1.82) is 0 Å². The summed E-state index contributed by atoms with van der Waals surface area (Å²) >= 11 is 0. The lowest BCUT2D eigenvalue weighted by atomic mass is 9.73. The van der Waals surface area contributed by atoms with Crippen molar-refractivity contribution < 1.29 is 4.52 Å². The lowest BCUT2D eigenvalue weighted by molar-refractivity contribution is 0.218. The van der Waals surface area contributed by atoms with Crippen molar-refractivity contribution in [3.05, 3.63) is 11.7 Å². The molecular weight excluding hydrogens is 226 g/mol. The highest BCUT2D eigenvalue weighted by Gasteiger charge is 2.31. The molecule has 1 aromatic rings. The number of aromatic nitrogens is 2. The lowest BCUT2D eigenvalue weighted by Crippen LogP contribution is -2.21. The summed E-state index contributed by atoms with van der Waals surface area (Å²) in [7, 11) is 0. The topological polar surface area (TPSA) is 51.0 Å². The fourth-order valence-electron chi connectivity index (χ4n) is 3.11. The predicted octanol–water partition coefficient (Wildman–Crippen LogP) is 3.18. The highest BCUT2D eigenvalue weighted by atomic mass is 16.5. The zero-order valence-corrected chi connectivity index (χ0v) is 11.4. The van der Waals surface area contributed by atoms with Crippen LogP contribution in [-0.2, 0) is 0 Å². The van der Waals surface area contributed by atoms with E-state index in [2.05, 4.69) is 29.3 Å². The largest absolute Gasteiger partial charge is 0.338 e. The quantitative estimate of drug-likeness (QED) is 0.874. The van der Waals surface area contributed by atoms with E-state index < -0.39 is 0 Å². The van der Waals surface area contributed by atoms with Gasteiger partial charge >= 0.3 is 0 Å². The molecule has 1 saturated heterocycles. The van der Waals surface area contributed by atoms with Crippen LogP contribution in [0.5, 0.6) is 0 Å². The Morgan fingerprint density at radius 3 is 2.67 bits per heavy atom. The number of nitrogens with zero attached hydrogens (tertiary/aromatic N) is 2. The maximum Gasteiger partial charge on any atom is 0.243 e. The van der Waals surface area contributed by atoms with Crippen molar-refractivity contribution in [2.45, 2.75) is 64.3 Å². The SMILES string of the molecule is CC1(C)CCC(c2noc(C3CCCN3)n2)CC1. The van der Waals surface area contributed by atoms with Gasteiger partial charge in [0.25, 0.3) is 0 Å². The number of rotatable bonds is 2. The van der Waals surface area contributed by atoms with Gasteiger partial charge in [-0.1, -0.05) is 19.0 Å². The highest BCUT2D eigenvalue weighted by molar-refractivity contribution is 5.02. The van der Waals surface area contributed by atoms with E-state index in [0.717, 1.165) is 24.7 Å². The first-order valence-electron chi connectivity index (χ1n) is 7.21. The standard InChI is InChI=1S/C14H23N3O/c1-14(2)7-5-10(6-8-14)12-16-13(18-17-12)11-4-3-9-15-11/h10-11,15H,3-9H2,1-2H3. The maximum absolute atomic E-state index is 5.43. The molecule has 18 heavy (non-hydrogen) atoms. The van der Waals surface area contributed by atoms with E-state index >= 15 is 0 Å². The van der Waals surface area contributed by atoms with Gasteiger partial charge in [0.1, 0.15) is 0 Å². The van der Waals surface area contributed by atoms with Crippen molar-refractivity contribution in [3.63, 3.8) is 0 Å². The Balaban J connectivity index is 1.66.